The number of fused-ring (bicyclic) bond motifs is 1. The van der Waals surface area contributed by atoms with Crippen LogP contribution in [-0.4, -0.2) is 41.8 Å². The third-order valence-electron chi connectivity index (χ3n) is 6.64. The molecule has 8 nitrogen and oxygen atoms in total. The van der Waals surface area contributed by atoms with E-state index in [1.807, 2.05) is 18.2 Å². The van der Waals surface area contributed by atoms with Gasteiger partial charge in [0, 0.05) is 24.0 Å². The first-order valence-electron chi connectivity index (χ1n) is 11.9. The number of rotatable bonds is 7. The number of hydrogen-bond donors (Lipinski definition) is 0. The summed E-state index contributed by atoms with van der Waals surface area (Å²) in [5, 5.41) is 8.70. The van der Waals surface area contributed by atoms with Gasteiger partial charge in [-0.3, -0.25) is 9.69 Å². The van der Waals surface area contributed by atoms with Gasteiger partial charge in [0.25, 0.3) is 5.56 Å². The van der Waals surface area contributed by atoms with Gasteiger partial charge in [-0.25, -0.2) is 4.52 Å². The first kappa shape index (κ1) is 21.6. The summed E-state index contributed by atoms with van der Waals surface area (Å²) in [6.07, 6.45) is 9.36. The molecule has 5 rings (SSSR count). The topological polar surface area (TPSA) is 81.5 Å². The Kier molecular flexibility index (Phi) is 6.09. The van der Waals surface area contributed by atoms with Gasteiger partial charge in [-0.05, 0) is 43.9 Å². The molecule has 3 aromatic heterocycles. The lowest BCUT2D eigenvalue weighted by molar-refractivity contribution is 0.120. The van der Waals surface area contributed by atoms with Gasteiger partial charge in [0.1, 0.15) is 5.52 Å². The zero-order valence-corrected chi connectivity index (χ0v) is 19.3. The number of piperidine rings is 1. The van der Waals surface area contributed by atoms with E-state index in [0.717, 1.165) is 30.6 Å². The normalized spacial score (nSPS) is 17.1. The Labute approximate surface area is 192 Å². The van der Waals surface area contributed by atoms with Crippen LogP contribution in [0.4, 0.5) is 0 Å². The van der Waals surface area contributed by atoms with Crippen molar-refractivity contribution in [3.05, 3.63) is 70.4 Å². The predicted octanol–water partition coefficient (Wildman–Crippen LogP) is 3.92. The van der Waals surface area contributed by atoms with E-state index in [-0.39, 0.29) is 12.1 Å². The molecule has 0 N–H and O–H groups in total. The van der Waals surface area contributed by atoms with Crippen LogP contribution < -0.4 is 5.56 Å². The van der Waals surface area contributed by atoms with Crippen LogP contribution >= 0.6 is 0 Å². The predicted molar refractivity (Wildman–Crippen MR) is 126 cm³/mol. The molecule has 1 aromatic carbocycles. The van der Waals surface area contributed by atoms with Gasteiger partial charge < -0.3 is 9.09 Å². The van der Waals surface area contributed by atoms with Gasteiger partial charge in [-0.1, -0.05) is 49.7 Å². The summed E-state index contributed by atoms with van der Waals surface area (Å²) in [4.78, 5) is 20.1. The van der Waals surface area contributed by atoms with Crippen LogP contribution in [0.25, 0.3) is 16.8 Å². The van der Waals surface area contributed by atoms with E-state index in [4.69, 9.17) is 4.52 Å². The largest absolute Gasteiger partial charge is 0.338 e. The fourth-order valence-electron chi connectivity index (χ4n) is 4.68. The quantitative estimate of drug-likeness (QED) is 0.428. The van der Waals surface area contributed by atoms with Crippen molar-refractivity contribution in [2.75, 3.05) is 6.54 Å². The Morgan fingerprint density at radius 1 is 1.09 bits per heavy atom. The molecule has 8 heteroatoms. The fraction of sp³-hybridized carbons (Fsp3) is 0.440. The minimum absolute atomic E-state index is 0.130. The minimum Gasteiger partial charge on any atom is -0.338 e. The molecule has 1 aliphatic rings. The maximum Gasteiger partial charge on any atom is 0.277 e. The summed E-state index contributed by atoms with van der Waals surface area (Å²) >= 11 is 0. The van der Waals surface area contributed by atoms with E-state index in [2.05, 4.69) is 46.1 Å². The zero-order chi connectivity index (χ0) is 22.8. The van der Waals surface area contributed by atoms with Crippen LogP contribution in [0.2, 0.25) is 0 Å². The van der Waals surface area contributed by atoms with Crippen LogP contribution in [0.15, 0.2) is 52.0 Å². The highest BCUT2D eigenvalue weighted by Gasteiger charge is 2.23. The molecule has 1 aliphatic heterocycles. The first-order valence-corrected chi connectivity index (χ1v) is 11.9. The summed E-state index contributed by atoms with van der Waals surface area (Å²) < 4.78 is 8.74. The van der Waals surface area contributed by atoms with Crippen molar-refractivity contribution in [3.8, 4) is 11.3 Å². The van der Waals surface area contributed by atoms with E-state index in [1.165, 1.54) is 24.8 Å². The van der Waals surface area contributed by atoms with Crippen molar-refractivity contribution >= 4 is 5.52 Å². The molecule has 0 unspecified atom stereocenters. The van der Waals surface area contributed by atoms with E-state index in [9.17, 15) is 4.79 Å². The molecule has 1 atom stereocenters. The number of aryl methyl sites for hydroxylation is 1. The first-order chi connectivity index (χ1) is 16.1. The fourth-order valence-corrected chi connectivity index (χ4v) is 4.68. The van der Waals surface area contributed by atoms with E-state index in [0.29, 0.717) is 29.8 Å². The molecule has 4 aromatic rings. The van der Waals surface area contributed by atoms with Crippen LogP contribution in [0, 0.1) is 0 Å². The molecule has 0 amide bonds. The maximum atomic E-state index is 13.1. The number of hydrogen-bond acceptors (Lipinski definition) is 6. The Bertz CT molecular complexity index is 1290. The van der Waals surface area contributed by atoms with E-state index < -0.39 is 0 Å². The van der Waals surface area contributed by atoms with Gasteiger partial charge >= 0.3 is 0 Å². The SMILES string of the molecule is CCc1ccc(-c2cc3c(=O)n(Cc4noc(CN5CCCC[C@@H]5CC)n4)ccn3n2)cc1. The van der Waals surface area contributed by atoms with Crippen LogP contribution in [0.1, 0.15) is 56.8 Å². The summed E-state index contributed by atoms with van der Waals surface area (Å²) in [5.74, 6) is 1.12. The van der Waals surface area contributed by atoms with Crippen molar-refractivity contribution in [3.63, 3.8) is 0 Å². The van der Waals surface area contributed by atoms with Gasteiger partial charge in [0.05, 0.1) is 18.8 Å². The Morgan fingerprint density at radius 3 is 2.73 bits per heavy atom. The molecule has 172 valence electrons. The smallest absolute Gasteiger partial charge is 0.277 e. The summed E-state index contributed by atoms with van der Waals surface area (Å²) in [6.45, 7) is 6.36. The molecule has 1 saturated heterocycles. The molecule has 0 saturated carbocycles. The van der Waals surface area contributed by atoms with Gasteiger partial charge in [0.15, 0.2) is 5.82 Å². The highest BCUT2D eigenvalue weighted by Crippen LogP contribution is 2.22. The highest BCUT2D eigenvalue weighted by molar-refractivity contribution is 5.65. The van der Waals surface area contributed by atoms with Gasteiger partial charge in [-0.15, -0.1) is 0 Å². The zero-order valence-electron chi connectivity index (χ0n) is 19.3. The van der Waals surface area contributed by atoms with Crippen molar-refractivity contribution in [1.29, 1.82) is 0 Å². The summed E-state index contributed by atoms with van der Waals surface area (Å²) in [7, 11) is 0. The van der Waals surface area contributed by atoms with Gasteiger partial charge in [0.2, 0.25) is 5.89 Å². The molecule has 1 fully saturated rings. The lowest BCUT2D eigenvalue weighted by Gasteiger charge is -2.33. The standard InChI is InChI=1S/C25H30N6O2/c1-3-18-8-10-19(11-9-18)21-15-22-25(32)30(13-14-31(22)27-21)16-23-26-24(33-28-23)17-29-12-6-5-7-20(29)4-2/h8-11,13-15,20H,3-7,12,16-17H2,1-2H3/t20-/m0/s1. The van der Waals surface area contributed by atoms with E-state index >= 15 is 0 Å². The van der Waals surface area contributed by atoms with Crippen molar-refractivity contribution < 1.29 is 4.52 Å². The molecule has 0 spiro atoms. The molecule has 0 radical (unpaired) electrons. The van der Waals surface area contributed by atoms with Crippen LogP contribution in [0.3, 0.4) is 0 Å². The van der Waals surface area contributed by atoms with Crippen molar-refractivity contribution in [2.45, 2.75) is 65.1 Å². The molecule has 33 heavy (non-hydrogen) atoms. The number of aromatic nitrogens is 5. The monoisotopic (exact) mass is 446 g/mol. The Balaban J connectivity index is 1.34. The Morgan fingerprint density at radius 2 is 1.94 bits per heavy atom. The third kappa shape index (κ3) is 4.48. The highest BCUT2D eigenvalue weighted by atomic mass is 16.5. The summed E-state index contributed by atoms with van der Waals surface area (Å²) in [6, 6.07) is 10.7. The maximum absolute atomic E-state index is 13.1. The second-order valence-electron chi connectivity index (χ2n) is 8.77. The Hall–Kier alpha value is -3.26. The molecular formula is C25H30N6O2. The average molecular weight is 447 g/mol. The number of likely N-dealkylation sites (tertiary alicyclic amines) is 1. The lowest BCUT2D eigenvalue weighted by Crippen LogP contribution is -2.38. The second-order valence-corrected chi connectivity index (χ2v) is 8.77. The van der Waals surface area contributed by atoms with Crippen molar-refractivity contribution in [2.24, 2.45) is 0 Å². The molecule has 0 aliphatic carbocycles. The minimum atomic E-state index is -0.130. The van der Waals surface area contributed by atoms with Crippen LogP contribution in [0.5, 0.6) is 0 Å². The number of nitrogens with zero attached hydrogens (tertiary/aromatic N) is 6. The summed E-state index contributed by atoms with van der Waals surface area (Å²) in [5.41, 5.74) is 3.44. The third-order valence-corrected chi connectivity index (χ3v) is 6.64. The number of benzene rings is 1. The van der Waals surface area contributed by atoms with Crippen molar-refractivity contribution in [1.82, 2.24) is 29.2 Å². The molecule has 0 bridgehead atoms. The lowest BCUT2D eigenvalue weighted by atomic mass is 10.0. The van der Waals surface area contributed by atoms with Crippen LogP contribution in [-0.2, 0) is 19.5 Å². The molecule has 4 heterocycles. The van der Waals surface area contributed by atoms with Gasteiger partial charge in [-0.2, -0.15) is 10.1 Å². The van der Waals surface area contributed by atoms with E-state index in [1.54, 1.807) is 21.5 Å². The molecular weight excluding hydrogens is 416 g/mol. The average Bonchev–Trinajstić information content (AvgIpc) is 3.49. The second kappa shape index (κ2) is 9.31.